The molecule has 0 aliphatic carbocycles. The Kier molecular flexibility index (Phi) is 4.00. The van der Waals surface area contributed by atoms with Gasteiger partial charge >= 0.3 is 0 Å². The van der Waals surface area contributed by atoms with Crippen LogP contribution in [0.15, 0.2) is 48.5 Å². The second-order valence-electron chi connectivity index (χ2n) is 5.63. The molecule has 0 saturated heterocycles. The number of benzene rings is 2. The standard InChI is InChI=1S/C18H22N2O/c1-14-6-7-15-4-2-3-5-18(15)20(14)12-13-21-17-10-8-16(19)9-11-17/h2-5,8-11,14H,6-7,12-13,19H2,1H3. The number of ether oxygens (including phenoxy) is 1. The molecule has 0 bridgehead atoms. The minimum atomic E-state index is 0.565. The topological polar surface area (TPSA) is 38.5 Å². The van der Waals surface area contributed by atoms with E-state index in [1.54, 1.807) is 0 Å². The molecular formula is C18H22N2O. The average molecular weight is 282 g/mol. The molecule has 3 nitrogen and oxygen atoms in total. The smallest absolute Gasteiger partial charge is 0.119 e. The Bertz CT molecular complexity index is 594. The Morgan fingerprint density at radius 1 is 1.14 bits per heavy atom. The van der Waals surface area contributed by atoms with Crippen LogP contribution in [0, 0.1) is 0 Å². The summed E-state index contributed by atoms with van der Waals surface area (Å²) in [5.74, 6) is 0.877. The summed E-state index contributed by atoms with van der Waals surface area (Å²) in [6.07, 6.45) is 2.38. The molecule has 1 aliphatic heterocycles. The summed E-state index contributed by atoms with van der Waals surface area (Å²) in [7, 11) is 0. The normalized spacial score (nSPS) is 17.4. The van der Waals surface area contributed by atoms with Crippen molar-refractivity contribution in [2.75, 3.05) is 23.8 Å². The van der Waals surface area contributed by atoms with Crippen LogP contribution in [-0.2, 0) is 6.42 Å². The number of anilines is 2. The number of nitrogen functional groups attached to an aromatic ring is 1. The zero-order valence-electron chi connectivity index (χ0n) is 12.5. The molecule has 21 heavy (non-hydrogen) atoms. The fourth-order valence-corrected chi connectivity index (χ4v) is 2.93. The van der Waals surface area contributed by atoms with Gasteiger partial charge in [0.05, 0.1) is 6.54 Å². The maximum atomic E-state index is 5.83. The van der Waals surface area contributed by atoms with Gasteiger partial charge in [0.15, 0.2) is 0 Å². The molecule has 0 amide bonds. The van der Waals surface area contributed by atoms with Gasteiger partial charge in [-0.25, -0.2) is 0 Å². The molecule has 0 fully saturated rings. The Labute approximate surface area is 126 Å². The van der Waals surface area contributed by atoms with Crippen LogP contribution >= 0.6 is 0 Å². The predicted octanol–water partition coefficient (Wildman–Crippen LogP) is 3.49. The van der Waals surface area contributed by atoms with Crippen LogP contribution in [0.3, 0.4) is 0 Å². The van der Waals surface area contributed by atoms with Crippen LogP contribution in [0.5, 0.6) is 5.75 Å². The van der Waals surface area contributed by atoms with Crippen LogP contribution in [0.1, 0.15) is 18.9 Å². The molecule has 2 aromatic carbocycles. The maximum Gasteiger partial charge on any atom is 0.119 e. The van der Waals surface area contributed by atoms with Crippen molar-refractivity contribution >= 4 is 11.4 Å². The van der Waals surface area contributed by atoms with Crippen molar-refractivity contribution in [3.8, 4) is 5.75 Å². The molecule has 0 radical (unpaired) electrons. The molecule has 3 heteroatoms. The van der Waals surface area contributed by atoms with Gasteiger partial charge in [-0.2, -0.15) is 0 Å². The lowest BCUT2D eigenvalue weighted by Gasteiger charge is -2.37. The van der Waals surface area contributed by atoms with Crippen molar-refractivity contribution in [3.05, 3.63) is 54.1 Å². The third-order valence-corrected chi connectivity index (χ3v) is 4.15. The number of hydrogen-bond donors (Lipinski definition) is 1. The predicted molar refractivity (Wildman–Crippen MR) is 87.9 cm³/mol. The van der Waals surface area contributed by atoms with E-state index in [9.17, 15) is 0 Å². The van der Waals surface area contributed by atoms with E-state index in [1.165, 1.54) is 24.1 Å². The van der Waals surface area contributed by atoms with Crippen molar-refractivity contribution in [2.24, 2.45) is 0 Å². The quantitative estimate of drug-likeness (QED) is 0.872. The summed E-state index contributed by atoms with van der Waals surface area (Å²) in [5, 5.41) is 0. The number of para-hydroxylation sites is 1. The summed E-state index contributed by atoms with van der Waals surface area (Å²) in [4.78, 5) is 2.45. The monoisotopic (exact) mass is 282 g/mol. The van der Waals surface area contributed by atoms with Gasteiger partial charge in [0.1, 0.15) is 12.4 Å². The highest BCUT2D eigenvalue weighted by Gasteiger charge is 2.22. The lowest BCUT2D eigenvalue weighted by atomic mass is 9.97. The third kappa shape index (κ3) is 3.13. The van der Waals surface area contributed by atoms with Gasteiger partial charge in [0, 0.05) is 17.4 Å². The number of aryl methyl sites for hydroxylation is 1. The highest BCUT2D eigenvalue weighted by atomic mass is 16.5. The first-order valence-electron chi connectivity index (χ1n) is 7.57. The van der Waals surface area contributed by atoms with Crippen molar-refractivity contribution in [1.82, 2.24) is 0 Å². The Hall–Kier alpha value is -2.16. The average Bonchev–Trinajstić information content (AvgIpc) is 2.51. The molecule has 0 spiro atoms. The zero-order chi connectivity index (χ0) is 14.7. The van der Waals surface area contributed by atoms with E-state index in [1.807, 2.05) is 24.3 Å². The van der Waals surface area contributed by atoms with E-state index in [-0.39, 0.29) is 0 Å². The first-order valence-corrected chi connectivity index (χ1v) is 7.57. The molecular weight excluding hydrogens is 260 g/mol. The van der Waals surface area contributed by atoms with Crippen LogP contribution in [-0.4, -0.2) is 19.2 Å². The number of hydrogen-bond acceptors (Lipinski definition) is 3. The summed E-state index contributed by atoms with van der Waals surface area (Å²) in [6, 6.07) is 16.8. The Morgan fingerprint density at radius 2 is 1.90 bits per heavy atom. The number of fused-ring (bicyclic) bond motifs is 1. The molecule has 110 valence electrons. The molecule has 0 saturated carbocycles. The van der Waals surface area contributed by atoms with Gasteiger partial charge in [0.25, 0.3) is 0 Å². The van der Waals surface area contributed by atoms with Gasteiger partial charge in [-0.05, 0) is 55.7 Å². The van der Waals surface area contributed by atoms with Gasteiger partial charge in [-0.3, -0.25) is 0 Å². The van der Waals surface area contributed by atoms with Crippen LogP contribution in [0.25, 0.3) is 0 Å². The number of nitrogens with zero attached hydrogens (tertiary/aromatic N) is 1. The third-order valence-electron chi connectivity index (χ3n) is 4.15. The lowest BCUT2D eigenvalue weighted by molar-refractivity contribution is 0.317. The summed E-state index contributed by atoms with van der Waals surface area (Å²) >= 11 is 0. The van der Waals surface area contributed by atoms with Crippen molar-refractivity contribution in [2.45, 2.75) is 25.8 Å². The lowest BCUT2D eigenvalue weighted by Crippen LogP contribution is -2.39. The molecule has 0 aromatic heterocycles. The minimum Gasteiger partial charge on any atom is -0.492 e. The Balaban J connectivity index is 1.63. The summed E-state index contributed by atoms with van der Waals surface area (Å²) in [5.41, 5.74) is 9.25. The van der Waals surface area contributed by atoms with E-state index in [4.69, 9.17) is 10.5 Å². The van der Waals surface area contributed by atoms with E-state index in [0.29, 0.717) is 12.6 Å². The van der Waals surface area contributed by atoms with Crippen molar-refractivity contribution < 1.29 is 4.74 Å². The summed E-state index contributed by atoms with van der Waals surface area (Å²) in [6.45, 7) is 3.88. The maximum absolute atomic E-state index is 5.83. The van der Waals surface area contributed by atoms with E-state index < -0.39 is 0 Å². The fraction of sp³-hybridized carbons (Fsp3) is 0.333. The molecule has 2 N–H and O–H groups in total. The number of nitrogens with two attached hydrogens (primary N) is 1. The molecule has 1 atom stereocenters. The van der Waals surface area contributed by atoms with Crippen LogP contribution < -0.4 is 15.4 Å². The highest BCUT2D eigenvalue weighted by Crippen LogP contribution is 2.30. The molecule has 2 aromatic rings. The minimum absolute atomic E-state index is 0.565. The molecule has 1 unspecified atom stereocenters. The van der Waals surface area contributed by atoms with Gasteiger partial charge in [-0.1, -0.05) is 18.2 Å². The SMILES string of the molecule is CC1CCc2ccccc2N1CCOc1ccc(N)cc1. The van der Waals surface area contributed by atoms with Crippen LogP contribution in [0.2, 0.25) is 0 Å². The largest absolute Gasteiger partial charge is 0.492 e. The molecule has 1 aliphatic rings. The highest BCUT2D eigenvalue weighted by molar-refractivity contribution is 5.56. The van der Waals surface area contributed by atoms with E-state index >= 15 is 0 Å². The van der Waals surface area contributed by atoms with E-state index in [2.05, 4.69) is 36.1 Å². The van der Waals surface area contributed by atoms with Gasteiger partial charge in [-0.15, -0.1) is 0 Å². The van der Waals surface area contributed by atoms with Crippen molar-refractivity contribution in [3.63, 3.8) is 0 Å². The first-order chi connectivity index (χ1) is 10.2. The zero-order valence-corrected chi connectivity index (χ0v) is 12.5. The van der Waals surface area contributed by atoms with Crippen LogP contribution in [0.4, 0.5) is 11.4 Å². The van der Waals surface area contributed by atoms with Crippen molar-refractivity contribution in [1.29, 1.82) is 0 Å². The van der Waals surface area contributed by atoms with Gasteiger partial charge < -0.3 is 15.4 Å². The fourth-order valence-electron chi connectivity index (χ4n) is 2.93. The summed E-state index contributed by atoms with van der Waals surface area (Å²) < 4.78 is 5.83. The number of rotatable bonds is 4. The van der Waals surface area contributed by atoms with E-state index in [0.717, 1.165) is 18.0 Å². The molecule has 3 rings (SSSR count). The first kappa shape index (κ1) is 13.8. The second kappa shape index (κ2) is 6.08. The van der Waals surface area contributed by atoms with Gasteiger partial charge in [0.2, 0.25) is 0 Å². The Morgan fingerprint density at radius 3 is 2.71 bits per heavy atom. The molecule has 1 heterocycles. The second-order valence-corrected chi connectivity index (χ2v) is 5.63.